The average Bonchev–Trinajstić information content (AvgIpc) is 2.57. The normalized spacial score (nSPS) is 42.8. The van der Waals surface area contributed by atoms with Gasteiger partial charge >= 0.3 is 5.97 Å². The van der Waals surface area contributed by atoms with Crippen LogP contribution in [0.4, 0.5) is 0 Å². The largest absolute Gasteiger partial charge is 0.462 e. The Morgan fingerprint density at radius 1 is 1.32 bits per heavy atom. The van der Waals surface area contributed by atoms with Gasteiger partial charge in [-0.25, -0.2) is 0 Å². The second kappa shape index (κ2) is 6.49. The molecule has 0 amide bonds. The molecule has 0 aromatic rings. The highest BCUT2D eigenvalue weighted by molar-refractivity contribution is 5.66. The third-order valence-corrected chi connectivity index (χ3v) is 7.35. The lowest BCUT2D eigenvalue weighted by Gasteiger charge is -2.56. The van der Waals surface area contributed by atoms with Crippen LogP contribution in [0.3, 0.4) is 0 Å². The Morgan fingerprint density at radius 2 is 2.08 bits per heavy atom. The topological polar surface area (TPSA) is 73.9 Å². The maximum absolute atomic E-state index is 11.3. The number of esters is 1. The van der Waals surface area contributed by atoms with Gasteiger partial charge in [-0.1, -0.05) is 18.6 Å². The molecule has 0 N–H and O–H groups in total. The minimum atomic E-state index is -0.381. The van der Waals surface area contributed by atoms with Gasteiger partial charge in [-0.2, -0.15) is 10.5 Å². The van der Waals surface area contributed by atoms with E-state index in [9.17, 15) is 15.3 Å². The van der Waals surface area contributed by atoms with Crippen molar-refractivity contribution in [3.8, 4) is 12.1 Å². The molecular weight excluding hydrogens is 312 g/mol. The summed E-state index contributed by atoms with van der Waals surface area (Å²) in [7, 11) is 0. The fourth-order valence-corrected chi connectivity index (χ4v) is 5.90. The van der Waals surface area contributed by atoms with Crippen molar-refractivity contribution in [3.63, 3.8) is 0 Å². The van der Waals surface area contributed by atoms with E-state index in [1.165, 1.54) is 12.5 Å². The second-order valence-electron chi connectivity index (χ2n) is 8.66. The van der Waals surface area contributed by atoms with Crippen LogP contribution in [0, 0.1) is 51.2 Å². The summed E-state index contributed by atoms with van der Waals surface area (Å²) in [5, 5.41) is 19.1. The summed E-state index contributed by atoms with van der Waals surface area (Å²) < 4.78 is 5.47. The highest BCUT2D eigenvalue weighted by atomic mass is 16.5. The highest BCUT2D eigenvalue weighted by Crippen LogP contribution is 2.61. The molecule has 0 radical (unpaired) electrons. The molecule has 6 atom stereocenters. The molecule has 0 heterocycles. The van der Waals surface area contributed by atoms with Crippen LogP contribution < -0.4 is 0 Å². The van der Waals surface area contributed by atoms with E-state index in [1.54, 1.807) is 0 Å². The molecule has 134 valence electrons. The standard InChI is InChI=1S/C21H28N2O2/c1-14(24)25-16-6-10-21(3)15(12-16)4-5-17-18(8-11-22)20(2,13-23)9-7-19(17)21/h4,16-19H,5-10,12H2,1-3H3/t16-,17-,18?,19?,20+,21-/m0/s1. The van der Waals surface area contributed by atoms with Crippen molar-refractivity contribution in [1.82, 2.24) is 0 Å². The predicted molar refractivity (Wildman–Crippen MR) is 93.9 cm³/mol. The van der Waals surface area contributed by atoms with Crippen molar-refractivity contribution in [2.45, 2.75) is 71.8 Å². The van der Waals surface area contributed by atoms with E-state index < -0.39 is 0 Å². The average molecular weight is 340 g/mol. The molecule has 2 unspecified atom stereocenters. The maximum Gasteiger partial charge on any atom is 0.302 e. The molecule has 0 aromatic heterocycles. The quantitative estimate of drug-likeness (QED) is 0.547. The van der Waals surface area contributed by atoms with E-state index in [-0.39, 0.29) is 28.8 Å². The predicted octanol–water partition coefficient (Wildman–Crippen LogP) is 4.52. The Hall–Kier alpha value is -1.81. The van der Waals surface area contributed by atoms with Gasteiger partial charge in [0.2, 0.25) is 0 Å². The third-order valence-electron chi connectivity index (χ3n) is 7.35. The summed E-state index contributed by atoms with van der Waals surface area (Å²) >= 11 is 0. The van der Waals surface area contributed by atoms with Crippen LogP contribution in [0.1, 0.15) is 65.7 Å². The molecule has 25 heavy (non-hydrogen) atoms. The molecule has 3 rings (SSSR count). The molecule has 0 spiro atoms. The van der Waals surface area contributed by atoms with Gasteiger partial charge in [0.05, 0.1) is 17.6 Å². The molecule has 0 aromatic carbocycles. The first-order valence-electron chi connectivity index (χ1n) is 9.49. The van der Waals surface area contributed by atoms with Crippen LogP contribution in [0.15, 0.2) is 11.6 Å². The zero-order valence-electron chi connectivity index (χ0n) is 15.5. The highest BCUT2D eigenvalue weighted by Gasteiger charge is 2.55. The first-order valence-corrected chi connectivity index (χ1v) is 9.49. The van der Waals surface area contributed by atoms with E-state index >= 15 is 0 Å². The minimum Gasteiger partial charge on any atom is -0.462 e. The Bertz CT molecular complexity index is 670. The van der Waals surface area contributed by atoms with Crippen LogP contribution in [0.2, 0.25) is 0 Å². The van der Waals surface area contributed by atoms with Gasteiger partial charge in [-0.05, 0) is 62.2 Å². The van der Waals surface area contributed by atoms with Crippen LogP contribution >= 0.6 is 0 Å². The van der Waals surface area contributed by atoms with Gasteiger partial charge in [0.25, 0.3) is 0 Å². The van der Waals surface area contributed by atoms with Crippen LogP contribution in [-0.2, 0) is 9.53 Å². The summed E-state index contributed by atoms with van der Waals surface area (Å²) in [5.41, 5.74) is 1.18. The van der Waals surface area contributed by atoms with Gasteiger partial charge in [0, 0.05) is 19.8 Å². The van der Waals surface area contributed by atoms with E-state index in [4.69, 9.17) is 4.74 Å². The molecule has 4 heteroatoms. The van der Waals surface area contributed by atoms with Crippen LogP contribution in [0.25, 0.3) is 0 Å². The summed E-state index contributed by atoms with van der Waals surface area (Å²) in [4.78, 5) is 11.3. The zero-order valence-corrected chi connectivity index (χ0v) is 15.5. The Kier molecular flexibility index (Phi) is 4.67. The summed E-state index contributed by atoms with van der Waals surface area (Å²) in [6, 6.07) is 4.88. The number of fused-ring (bicyclic) bond motifs is 3. The fraction of sp³-hybridized carbons (Fsp3) is 0.762. The molecule has 2 fully saturated rings. The lowest BCUT2D eigenvalue weighted by atomic mass is 9.47. The van der Waals surface area contributed by atoms with Crippen molar-refractivity contribution in [1.29, 1.82) is 10.5 Å². The minimum absolute atomic E-state index is 0.0104. The van der Waals surface area contributed by atoms with Gasteiger partial charge in [-0.3, -0.25) is 4.79 Å². The van der Waals surface area contributed by atoms with Crippen molar-refractivity contribution < 1.29 is 9.53 Å². The van der Waals surface area contributed by atoms with Crippen molar-refractivity contribution in [2.75, 3.05) is 0 Å². The SMILES string of the molecule is CC(=O)O[C@H]1CC[C@@]2(C)C(=CC[C@H]3C(CC#N)[C@@](C)(C#N)CCC32)C1. The first-order chi connectivity index (χ1) is 11.8. The molecule has 0 bridgehead atoms. The maximum atomic E-state index is 11.3. The molecular formula is C21H28N2O2. The number of hydrogen-bond acceptors (Lipinski definition) is 4. The number of allylic oxidation sites excluding steroid dienone is 1. The Labute approximate surface area is 150 Å². The Balaban J connectivity index is 1.88. The van der Waals surface area contributed by atoms with Crippen molar-refractivity contribution >= 4 is 5.97 Å². The second-order valence-corrected chi connectivity index (χ2v) is 8.66. The Morgan fingerprint density at radius 3 is 2.72 bits per heavy atom. The fourth-order valence-electron chi connectivity index (χ4n) is 5.90. The van der Waals surface area contributed by atoms with E-state index in [2.05, 4.69) is 25.1 Å². The van der Waals surface area contributed by atoms with E-state index in [0.29, 0.717) is 18.3 Å². The zero-order chi connectivity index (χ0) is 18.2. The third kappa shape index (κ3) is 2.97. The monoisotopic (exact) mass is 340 g/mol. The number of ether oxygens (including phenoxy) is 1. The van der Waals surface area contributed by atoms with E-state index in [0.717, 1.165) is 38.5 Å². The van der Waals surface area contributed by atoms with Crippen molar-refractivity contribution in [3.05, 3.63) is 11.6 Å². The molecule has 0 aliphatic heterocycles. The number of nitrogens with zero attached hydrogens (tertiary/aromatic N) is 2. The van der Waals surface area contributed by atoms with Gasteiger partial charge in [0.1, 0.15) is 6.10 Å². The van der Waals surface area contributed by atoms with Gasteiger partial charge < -0.3 is 4.74 Å². The van der Waals surface area contributed by atoms with Gasteiger partial charge in [0.15, 0.2) is 0 Å². The van der Waals surface area contributed by atoms with Crippen molar-refractivity contribution in [2.24, 2.45) is 28.6 Å². The smallest absolute Gasteiger partial charge is 0.302 e. The number of nitriles is 2. The van der Waals surface area contributed by atoms with Gasteiger partial charge in [-0.15, -0.1) is 0 Å². The lowest BCUT2D eigenvalue weighted by Crippen LogP contribution is -2.50. The lowest BCUT2D eigenvalue weighted by molar-refractivity contribution is -0.148. The number of carbonyl (C=O) groups is 1. The molecule has 3 aliphatic rings. The molecule has 3 aliphatic carbocycles. The molecule has 2 saturated carbocycles. The molecule has 0 saturated heterocycles. The summed E-state index contributed by atoms with van der Waals surface area (Å²) in [5.74, 6) is 0.907. The first kappa shape index (κ1) is 18.0. The summed E-state index contributed by atoms with van der Waals surface area (Å²) in [6.07, 6.45) is 8.50. The van der Waals surface area contributed by atoms with E-state index in [1.807, 2.05) is 6.92 Å². The van der Waals surface area contributed by atoms with Crippen LogP contribution in [-0.4, -0.2) is 12.1 Å². The number of hydrogen-bond donors (Lipinski definition) is 0. The molecule has 4 nitrogen and oxygen atoms in total. The summed E-state index contributed by atoms with van der Waals surface area (Å²) in [6.45, 7) is 5.89. The number of rotatable bonds is 2. The van der Waals surface area contributed by atoms with Crippen LogP contribution in [0.5, 0.6) is 0 Å². The number of carbonyl (C=O) groups excluding carboxylic acids is 1.